The fourth-order valence-electron chi connectivity index (χ4n) is 3.08. The SMILES string of the molecule is CCNC(=O)n1ncc2nccc(Nc3ccnc(-c4cc(C)ccc4F)c3)c21. The van der Waals surface area contributed by atoms with E-state index >= 15 is 0 Å². The van der Waals surface area contributed by atoms with Gasteiger partial charge < -0.3 is 10.6 Å². The van der Waals surface area contributed by atoms with Crippen molar-refractivity contribution in [1.29, 1.82) is 0 Å². The Morgan fingerprint density at radius 3 is 2.79 bits per heavy atom. The highest BCUT2D eigenvalue weighted by atomic mass is 19.1. The van der Waals surface area contributed by atoms with Gasteiger partial charge in [-0.1, -0.05) is 11.6 Å². The zero-order chi connectivity index (χ0) is 20.4. The van der Waals surface area contributed by atoms with Crippen LogP contribution in [0.5, 0.6) is 0 Å². The summed E-state index contributed by atoms with van der Waals surface area (Å²) in [7, 11) is 0. The van der Waals surface area contributed by atoms with Gasteiger partial charge in [0.2, 0.25) is 0 Å². The molecule has 0 radical (unpaired) electrons. The summed E-state index contributed by atoms with van der Waals surface area (Å²) in [4.78, 5) is 20.9. The molecule has 29 heavy (non-hydrogen) atoms. The molecule has 2 N–H and O–H groups in total. The Bertz CT molecular complexity index is 1200. The van der Waals surface area contributed by atoms with Gasteiger partial charge in [0.05, 0.1) is 17.6 Å². The molecule has 0 saturated carbocycles. The number of nitrogens with one attached hydrogen (secondary N) is 2. The lowest BCUT2D eigenvalue weighted by atomic mass is 10.1. The van der Waals surface area contributed by atoms with Gasteiger partial charge in [-0.3, -0.25) is 9.97 Å². The average Bonchev–Trinajstić information content (AvgIpc) is 3.16. The van der Waals surface area contributed by atoms with Gasteiger partial charge in [0, 0.05) is 30.2 Å². The van der Waals surface area contributed by atoms with Crippen LogP contribution >= 0.6 is 0 Å². The Labute approximate surface area is 166 Å². The number of aryl methyl sites for hydroxylation is 1. The molecule has 4 aromatic rings. The molecule has 0 aliphatic rings. The number of hydrogen-bond acceptors (Lipinski definition) is 5. The van der Waals surface area contributed by atoms with Gasteiger partial charge in [-0.25, -0.2) is 9.18 Å². The molecule has 0 unspecified atom stereocenters. The molecule has 146 valence electrons. The molecule has 0 saturated heterocycles. The van der Waals surface area contributed by atoms with E-state index in [1.807, 2.05) is 13.8 Å². The van der Waals surface area contributed by atoms with Crippen molar-refractivity contribution in [2.45, 2.75) is 13.8 Å². The first-order valence-corrected chi connectivity index (χ1v) is 9.17. The summed E-state index contributed by atoms with van der Waals surface area (Å²) >= 11 is 0. The summed E-state index contributed by atoms with van der Waals surface area (Å²) in [5.74, 6) is -0.333. The number of rotatable bonds is 4. The summed E-state index contributed by atoms with van der Waals surface area (Å²) in [6.45, 7) is 4.23. The molecule has 0 atom stereocenters. The third-order valence-corrected chi connectivity index (χ3v) is 4.42. The van der Waals surface area contributed by atoms with Crippen LogP contribution in [0.4, 0.5) is 20.6 Å². The van der Waals surface area contributed by atoms with E-state index in [0.29, 0.717) is 40.2 Å². The number of carbonyl (C=O) groups excluding carboxylic acids is 1. The number of pyridine rings is 2. The first-order valence-electron chi connectivity index (χ1n) is 9.17. The highest BCUT2D eigenvalue weighted by Crippen LogP contribution is 2.28. The van der Waals surface area contributed by atoms with E-state index in [1.165, 1.54) is 16.9 Å². The Kier molecular flexibility index (Phi) is 4.90. The maximum atomic E-state index is 14.3. The van der Waals surface area contributed by atoms with E-state index in [9.17, 15) is 9.18 Å². The molecule has 0 aliphatic heterocycles. The van der Waals surface area contributed by atoms with Crippen LogP contribution in [0.3, 0.4) is 0 Å². The van der Waals surface area contributed by atoms with E-state index < -0.39 is 0 Å². The maximum Gasteiger partial charge on any atom is 0.342 e. The number of halogens is 1. The van der Waals surface area contributed by atoms with Crippen molar-refractivity contribution in [2.75, 3.05) is 11.9 Å². The van der Waals surface area contributed by atoms with Gasteiger partial charge in [-0.05, 0) is 44.2 Å². The zero-order valence-electron chi connectivity index (χ0n) is 16.0. The van der Waals surface area contributed by atoms with Crippen LogP contribution in [0.2, 0.25) is 0 Å². The molecule has 0 bridgehead atoms. The van der Waals surface area contributed by atoms with Crippen molar-refractivity contribution >= 4 is 28.4 Å². The van der Waals surface area contributed by atoms with Crippen molar-refractivity contribution in [3.63, 3.8) is 0 Å². The summed E-state index contributed by atoms with van der Waals surface area (Å²) < 4.78 is 15.5. The summed E-state index contributed by atoms with van der Waals surface area (Å²) in [6.07, 6.45) is 4.78. The molecule has 1 aromatic carbocycles. The molecule has 3 heterocycles. The number of hydrogen-bond donors (Lipinski definition) is 2. The average molecular weight is 390 g/mol. The first kappa shape index (κ1) is 18.5. The molecule has 1 amide bonds. The minimum Gasteiger partial charge on any atom is -0.354 e. The van der Waals surface area contributed by atoms with Gasteiger partial charge in [0.25, 0.3) is 0 Å². The van der Waals surface area contributed by atoms with Gasteiger partial charge >= 0.3 is 6.03 Å². The zero-order valence-corrected chi connectivity index (χ0v) is 16.0. The van der Waals surface area contributed by atoms with Crippen molar-refractivity contribution in [3.8, 4) is 11.3 Å². The summed E-state index contributed by atoms with van der Waals surface area (Å²) in [5, 5.41) is 10.1. The lowest BCUT2D eigenvalue weighted by Gasteiger charge is -2.11. The predicted molar refractivity (Wildman–Crippen MR) is 110 cm³/mol. The topological polar surface area (TPSA) is 84.7 Å². The largest absolute Gasteiger partial charge is 0.354 e. The maximum absolute atomic E-state index is 14.3. The Morgan fingerprint density at radius 2 is 1.97 bits per heavy atom. The first-order chi connectivity index (χ1) is 14.1. The number of fused-ring (bicyclic) bond motifs is 1. The smallest absolute Gasteiger partial charge is 0.342 e. The Morgan fingerprint density at radius 1 is 1.14 bits per heavy atom. The molecule has 0 spiro atoms. The second-order valence-corrected chi connectivity index (χ2v) is 6.52. The summed E-state index contributed by atoms with van der Waals surface area (Å²) in [6, 6.07) is 9.87. The van der Waals surface area contributed by atoms with Crippen LogP contribution in [0, 0.1) is 12.7 Å². The van der Waals surface area contributed by atoms with Crippen LogP contribution in [-0.4, -0.2) is 32.3 Å². The molecule has 7 nitrogen and oxygen atoms in total. The second kappa shape index (κ2) is 7.67. The van der Waals surface area contributed by atoms with E-state index in [-0.39, 0.29) is 11.8 Å². The van der Waals surface area contributed by atoms with E-state index in [4.69, 9.17) is 0 Å². The molecular weight excluding hydrogens is 371 g/mol. The van der Waals surface area contributed by atoms with Crippen LogP contribution in [-0.2, 0) is 0 Å². The van der Waals surface area contributed by atoms with Crippen LogP contribution in [0.25, 0.3) is 22.3 Å². The Hall–Kier alpha value is -3.81. The quantitative estimate of drug-likeness (QED) is 0.544. The lowest BCUT2D eigenvalue weighted by molar-refractivity contribution is 0.241. The number of amides is 1. The molecular formula is C21H19FN6O. The summed E-state index contributed by atoms with van der Waals surface area (Å²) in [5.41, 5.74) is 4.38. The highest BCUT2D eigenvalue weighted by Gasteiger charge is 2.15. The van der Waals surface area contributed by atoms with E-state index in [1.54, 1.807) is 42.7 Å². The second-order valence-electron chi connectivity index (χ2n) is 6.52. The van der Waals surface area contributed by atoms with Gasteiger partial charge in [0.15, 0.2) is 0 Å². The van der Waals surface area contributed by atoms with Gasteiger partial charge in [-0.2, -0.15) is 9.78 Å². The number of nitrogens with zero attached hydrogens (tertiary/aromatic N) is 4. The number of anilines is 2. The number of benzene rings is 1. The van der Waals surface area contributed by atoms with Crippen molar-refractivity contribution in [2.24, 2.45) is 0 Å². The molecule has 4 rings (SSSR count). The number of carbonyl (C=O) groups is 1. The third-order valence-electron chi connectivity index (χ3n) is 4.42. The van der Waals surface area contributed by atoms with E-state index in [2.05, 4.69) is 25.7 Å². The van der Waals surface area contributed by atoms with Crippen LogP contribution in [0.15, 0.2) is 55.0 Å². The standard InChI is InChI=1S/C21H19FN6O/c1-3-23-21(29)28-20-17(7-9-25-19(20)12-26-28)27-14-6-8-24-18(11-14)15-10-13(2)4-5-16(15)22/h4-12H,3H2,1-2H3,(H,23,29)(H,24,25,27). The third kappa shape index (κ3) is 3.64. The van der Waals surface area contributed by atoms with Gasteiger partial charge in [-0.15, -0.1) is 0 Å². The fraction of sp³-hybridized carbons (Fsp3) is 0.143. The monoisotopic (exact) mass is 390 g/mol. The molecule has 8 heteroatoms. The number of aromatic nitrogens is 4. The predicted octanol–water partition coefficient (Wildman–Crippen LogP) is 4.26. The molecule has 3 aromatic heterocycles. The van der Waals surface area contributed by atoms with E-state index in [0.717, 1.165) is 5.56 Å². The molecule has 0 fully saturated rings. The van der Waals surface area contributed by atoms with Crippen LogP contribution < -0.4 is 10.6 Å². The molecule has 0 aliphatic carbocycles. The van der Waals surface area contributed by atoms with Crippen molar-refractivity contribution < 1.29 is 9.18 Å². The normalized spacial score (nSPS) is 10.9. The van der Waals surface area contributed by atoms with Crippen molar-refractivity contribution in [1.82, 2.24) is 25.1 Å². The Balaban J connectivity index is 1.73. The van der Waals surface area contributed by atoms with Gasteiger partial charge in [0.1, 0.15) is 16.9 Å². The van der Waals surface area contributed by atoms with Crippen molar-refractivity contribution in [3.05, 3.63) is 66.4 Å². The van der Waals surface area contributed by atoms with Crippen LogP contribution in [0.1, 0.15) is 12.5 Å². The minimum absolute atomic E-state index is 0.333. The highest BCUT2D eigenvalue weighted by molar-refractivity contribution is 5.96. The fourth-order valence-corrected chi connectivity index (χ4v) is 3.08. The lowest BCUT2D eigenvalue weighted by Crippen LogP contribution is -2.29. The minimum atomic E-state index is -0.337.